The quantitative estimate of drug-likeness (QED) is 0.760. The van der Waals surface area contributed by atoms with Gasteiger partial charge in [0.15, 0.2) is 0 Å². The van der Waals surface area contributed by atoms with E-state index in [0.29, 0.717) is 5.54 Å². The van der Waals surface area contributed by atoms with E-state index < -0.39 is 0 Å². The first-order valence-electron chi connectivity index (χ1n) is 7.94. The van der Waals surface area contributed by atoms with Crippen molar-refractivity contribution in [2.45, 2.75) is 70.8 Å². The lowest BCUT2D eigenvalue weighted by Crippen LogP contribution is -2.59. The predicted molar refractivity (Wildman–Crippen MR) is 73.0 cm³/mol. The van der Waals surface area contributed by atoms with Crippen molar-refractivity contribution in [3.05, 3.63) is 0 Å². The van der Waals surface area contributed by atoms with E-state index in [-0.39, 0.29) is 0 Å². The monoisotopic (exact) mass is 235 g/mol. The van der Waals surface area contributed by atoms with Gasteiger partial charge in [0, 0.05) is 5.54 Å². The summed E-state index contributed by atoms with van der Waals surface area (Å²) in [5.74, 6) is 4.11. The molecular weight excluding hydrogens is 206 g/mol. The summed E-state index contributed by atoms with van der Waals surface area (Å²) < 4.78 is 0. The maximum atomic E-state index is 4.01. The summed E-state index contributed by atoms with van der Waals surface area (Å²) in [5, 5.41) is 4.01. The molecule has 0 aromatic carbocycles. The van der Waals surface area contributed by atoms with Crippen LogP contribution in [0.4, 0.5) is 0 Å². The van der Waals surface area contributed by atoms with Gasteiger partial charge in [-0.25, -0.2) is 0 Å². The summed E-state index contributed by atoms with van der Waals surface area (Å²) in [5.41, 5.74) is 0.580. The van der Waals surface area contributed by atoms with E-state index in [0.717, 1.165) is 23.7 Å². The van der Waals surface area contributed by atoms with E-state index in [1.807, 2.05) is 0 Å². The first-order chi connectivity index (χ1) is 8.19. The zero-order valence-corrected chi connectivity index (χ0v) is 11.7. The van der Waals surface area contributed by atoms with Gasteiger partial charge >= 0.3 is 0 Å². The largest absolute Gasteiger partial charge is 0.311 e. The summed E-state index contributed by atoms with van der Waals surface area (Å²) >= 11 is 0. The number of rotatable bonds is 5. The molecule has 4 aliphatic carbocycles. The van der Waals surface area contributed by atoms with Crippen molar-refractivity contribution >= 4 is 0 Å². The van der Waals surface area contributed by atoms with E-state index >= 15 is 0 Å². The van der Waals surface area contributed by atoms with Crippen molar-refractivity contribution in [3.63, 3.8) is 0 Å². The molecule has 0 amide bonds. The molecule has 0 spiro atoms. The van der Waals surface area contributed by atoms with Gasteiger partial charge in [-0.2, -0.15) is 0 Å². The molecule has 1 nitrogen and oxygen atoms in total. The molecule has 98 valence electrons. The summed E-state index contributed by atoms with van der Waals surface area (Å²) in [6.45, 7) is 5.98. The van der Waals surface area contributed by atoms with E-state index in [9.17, 15) is 0 Å². The van der Waals surface area contributed by atoms with Crippen LogP contribution in [-0.2, 0) is 0 Å². The van der Waals surface area contributed by atoms with Crippen molar-refractivity contribution in [2.24, 2.45) is 23.7 Å². The van der Waals surface area contributed by atoms with Crippen molar-refractivity contribution in [2.75, 3.05) is 6.54 Å². The molecule has 0 radical (unpaired) electrons. The van der Waals surface area contributed by atoms with Crippen LogP contribution in [0.3, 0.4) is 0 Å². The molecule has 4 bridgehead atoms. The summed E-state index contributed by atoms with van der Waals surface area (Å²) in [6.07, 6.45) is 11.9. The Kier molecular flexibility index (Phi) is 3.23. The van der Waals surface area contributed by atoms with Crippen LogP contribution in [0.25, 0.3) is 0 Å². The highest BCUT2D eigenvalue weighted by atomic mass is 15.0. The van der Waals surface area contributed by atoms with Gasteiger partial charge in [0.2, 0.25) is 0 Å². The average Bonchev–Trinajstić information content (AvgIpc) is 2.25. The van der Waals surface area contributed by atoms with Crippen LogP contribution in [0.5, 0.6) is 0 Å². The van der Waals surface area contributed by atoms with E-state index in [1.54, 1.807) is 19.3 Å². The Morgan fingerprint density at radius 2 is 1.59 bits per heavy atom. The molecular formula is C16H29N. The van der Waals surface area contributed by atoms with Crippen LogP contribution >= 0.6 is 0 Å². The molecule has 1 unspecified atom stereocenters. The van der Waals surface area contributed by atoms with Gasteiger partial charge < -0.3 is 5.32 Å². The smallest absolute Gasteiger partial charge is 0.0189 e. The highest BCUT2D eigenvalue weighted by molar-refractivity contribution is 5.06. The molecule has 4 aliphatic rings. The summed E-state index contributed by atoms with van der Waals surface area (Å²) in [6, 6.07) is 0. The Bertz CT molecular complexity index is 235. The van der Waals surface area contributed by atoms with Crippen molar-refractivity contribution in [1.29, 1.82) is 0 Å². The van der Waals surface area contributed by atoms with Crippen LogP contribution in [-0.4, -0.2) is 12.1 Å². The van der Waals surface area contributed by atoms with Gasteiger partial charge in [0.05, 0.1) is 0 Å². The molecule has 4 fully saturated rings. The fourth-order valence-corrected chi connectivity index (χ4v) is 5.31. The molecule has 0 aromatic heterocycles. The maximum absolute atomic E-state index is 4.01. The predicted octanol–water partition coefficient (Wildman–Crippen LogP) is 3.98. The van der Waals surface area contributed by atoms with Gasteiger partial charge in [-0.15, -0.1) is 0 Å². The van der Waals surface area contributed by atoms with Gasteiger partial charge in [-0.3, -0.25) is 0 Å². The minimum Gasteiger partial charge on any atom is -0.311 e. The molecule has 17 heavy (non-hydrogen) atoms. The molecule has 1 atom stereocenters. The second kappa shape index (κ2) is 4.57. The molecule has 4 rings (SSSR count). The van der Waals surface area contributed by atoms with E-state index in [1.165, 1.54) is 38.6 Å². The zero-order valence-electron chi connectivity index (χ0n) is 11.7. The Balaban J connectivity index is 1.58. The van der Waals surface area contributed by atoms with Gasteiger partial charge in [-0.05, 0) is 75.2 Å². The van der Waals surface area contributed by atoms with Crippen molar-refractivity contribution in [3.8, 4) is 0 Å². The molecule has 0 heterocycles. The normalized spacial score (nSPS) is 45.2. The zero-order chi connectivity index (χ0) is 11.9. The minimum absolute atomic E-state index is 0.580. The third-order valence-corrected chi connectivity index (χ3v) is 5.65. The summed E-state index contributed by atoms with van der Waals surface area (Å²) in [7, 11) is 0. The fraction of sp³-hybridized carbons (Fsp3) is 1.00. The Morgan fingerprint density at radius 1 is 1.06 bits per heavy atom. The first kappa shape index (κ1) is 12.0. The Morgan fingerprint density at radius 3 is 2.06 bits per heavy atom. The SMILES string of the molecule is CCCC(C)CNC12CC3CC(CC(C3)C1)C2. The lowest BCUT2D eigenvalue weighted by Gasteiger charge is -2.57. The summed E-state index contributed by atoms with van der Waals surface area (Å²) in [4.78, 5) is 0. The van der Waals surface area contributed by atoms with E-state index in [4.69, 9.17) is 0 Å². The van der Waals surface area contributed by atoms with Crippen LogP contribution < -0.4 is 5.32 Å². The molecule has 4 saturated carbocycles. The van der Waals surface area contributed by atoms with E-state index in [2.05, 4.69) is 19.2 Å². The first-order valence-corrected chi connectivity index (χ1v) is 7.94. The van der Waals surface area contributed by atoms with Crippen LogP contribution in [0.15, 0.2) is 0 Å². The molecule has 0 saturated heterocycles. The minimum atomic E-state index is 0.580. The second-order valence-corrected chi connectivity index (χ2v) is 7.47. The average molecular weight is 235 g/mol. The maximum Gasteiger partial charge on any atom is 0.0189 e. The Hall–Kier alpha value is -0.0400. The highest BCUT2D eigenvalue weighted by Crippen LogP contribution is 2.55. The lowest BCUT2D eigenvalue weighted by atomic mass is 9.53. The topological polar surface area (TPSA) is 12.0 Å². The van der Waals surface area contributed by atoms with Gasteiger partial charge in [0.1, 0.15) is 0 Å². The molecule has 1 N–H and O–H groups in total. The number of hydrogen-bond donors (Lipinski definition) is 1. The molecule has 0 aliphatic heterocycles. The van der Waals surface area contributed by atoms with Crippen LogP contribution in [0.1, 0.15) is 65.2 Å². The van der Waals surface area contributed by atoms with Crippen molar-refractivity contribution in [1.82, 2.24) is 5.32 Å². The lowest BCUT2D eigenvalue weighted by molar-refractivity contribution is -0.0211. The molecule has 1 heteroatoms. The van der Waals surface area contributed by atoms with Crippen LogP contribution in [0.2, 0.25) is 0 Å². The fourth-order valence-electron chi connectivity index (χ4n) is 5.31. The number of nitrogens with one attached hydrogen (secondary N) is 1. The number of hydrogen-bond acceptors (Lipinski definition) is 1. The third-order valence-electron chi connectivity index (χ3n) is 5.65. The van der Waals surface area contributed by atoms with Gasteiger partial charge in [0.25, 0.3) is 0 Å². The Labute approximate surface area is 107 Å². The highest BCUT2D eigenvalue weighted by Gasteiger charge is 2.50. The standard InChI is InChI=1S/C16H29N/c1-3-4-12(2)11-17-16-8-13-5-14(9-16)7-15(6-13)10-16/h12-15,17H,3-11H2,1-2H3. The third kappa shape index (κ3) is 2.41. The van der Waals surface area contributed by atoms with Gasteiger partial charge in [-0.1, -0.05) is 20.3 Å². The second-order valence-electron chi connectivity index (χ2n) is 7.47. The van der Waals surface area contributed by atoms with Crippen LogP contribution in [0, 0.1) is 23.7 Å². The van der Waals surface area contributed by atoms with Crippen molar-refractivity contribution < 1.29 is 0 Å². The molecule has 0 aromatic rings.